The largest absolute Gasteiger partial charge is 0.302 e. The lowest BCUT2D eigenvalue weighted by molar-refractivity contribution is -0.0307. The average molecular weight is 1200 g/mol. The predicted octanol–water partition coefficient (Wildman–Crippen LogP) is 24.8. The highest BCUT2D eigenvalue weighted by Gasteiger charge is 2.32. The van der Waals surface area contributed by atoms with Crippen LogP contribution >= 0.6 is 0 Å². The Hall–Kier alpha value is -0.160. The fourth-order valence-corrected chi connectivity index (χ4v) is 14.5. The van der Waals surface area contributed by atoms with E-state index >= 15 is 0 Å². The van der Waals surface area contributed by atoms with Gasteiger partial charge in [0.1, 0.15) is 0 Å². The van der Waals surface area contributed by atoms with Gasteiger partial charge in [-0.1, -0.05) is 331 Å². The Balaban J connectivity index is 3.36. The summed E-state index contributed by atoms with van der Waals surface area (Å²) in [6, 6.07) is 0. The third-order valence-corrected chi connectivity index (χ3v) is 21.7. The molecule has 0 aromatic heterocycles. The first-order valence-corrected chi connectivity index (χ1v) is 39.3. The van der Waals surface area contributed by atoms with Gasteiger partial charge in [-0.2, -0.15) is 0 Å². The van der Waals surface area contributed by atoms with E-state index in [4.69, 9.17) is 0 Å². The highest BCUT2D eigenvalue weighted by atomic mass is 15.4. The second-order valence-electron chi connectivity index (χ2n) is 34.0. The first-order chi connectivity index (χ1) is 40.4. The minimum atomic E-state index is 0.539. The molecule has 0 aromatic rings. The van der Waals surface area contributed by atoms with Gasteiger partial charge in [0, 0.05) is 32.7 Å². The summed E-state index contributed by atoms with van der Waals surface area (Å²) in [6.45, 7) is 62.3. The lowest BCUT2D eigenvalue weighted by atomic mass is 9.92. The molecule has 0 aliphatic carbocycles. The predicted molar refractivity (Wildman–Crippen MR) is 387 cm³/mol. The fourth-order valence-electron chi connectivity index (χ4n) is 14.5. The Kier molecular flexibility index (Phi) is 51.0. The number of rotatable bonds is 59. The molecule has 11 atom stereocenters. The van der Waals surface area contributed by atoms with E-state index in [2.05, 4.69) is 158 Å². The van der Waals surface area contributed by atoms with Crippen molar-refractivity contribution in [1.82, 2.24) is 19.6 Å². The maximum Gasteiger partial charge on any atom is 0.0754 e. The maximum absolute atomic E-state index is 3.10. The molecule has 0 amide bonds. The molecule has 1 saturated heterocycles. The van der Waals surface area contributed by atoms with E-state index in [1.165, 1.54) is 290 Å². The van der Waals surface area contributed by atoms with Gasteiger partial charge in [0.05, 0.1) is 6.17 Å². The molecule has 1 aliphatic heterocycles. The Morgan fingerprint density at radius 1 is 0.247 bits per heavy atom. The zero-order chi connectivity index (χ0) is 63.4. The molecule has 1 aliphatic rings. The van der Waals surface area contributed by atoms with Crippen LogP contribution in [0.25, 0.3) is 0 Å². The minimum Gasteiger partial charge on any atom is -0.302 e. The zero-order valence-electron chi connectivity index (χ0n) is 62.8. The van der Waals surface area contributed by atoms with Crippen LogP contribution in [0.15, 0.2) is 0 Å². The van der Waals surface area contributed by atoms with Gasteiger partial charge in [-0.15, -0.1) is 0 Å². The highest BCUT2D eigenvalue weighted by molar-refractivity contribution is 4.85. The molecule has 4 heteroatoms. The molecule has 0 radical (unpaired) electrons. The van der Waals surface area contributed by atoms with Crippen molar-refractivity contribution in [3.05, 3.63) is 0 Å². The monoisotopic (exact) mass is 1200 g/mol. The summed E-state index contributed by atoms with van der Waals surface area (Å²) < 4.78 is 0. The van der Waals surface area contributed by atoms with Crippen molar-refractivity contribution in [2.45, 2.75) is 369 Å². The van der Waals surface area contributed by atoms with E-state index in [9.17, 15) is 0 Å². The Labute approximate surface area is 540 Å². The van der Waals surface area contributed by atoms with Crippen molar-refractivity contribution in [1.29, 1.82) is 0 Å². The van der Waals surface area contributed by atoms with E-state index in [0.29, 0.717) is 6.17 Å². The number of nitrogens with zero attached hydrogens (tertiary/aromatic N) is 4. The van der Waals surface area contributed by atoms with Gasteiger partial charge in [-0.05, 0) is 154 Å². The molecule has 0 N–H and O–H groups in total. The molecule has 4 nitrogen and oxygen atoms in total. The van der Waals surface area contributed by atoms with Gasteiger partial charge < -0.3 is 4.90 Å². The van der Waals surface area contributed by atoms with Crippen LogP contribution in [0.1, 0.15) is 363 Å². The van der Waals surface area contributed by atoms with Crippen molar-refractivity contribution in [2.24, 2.45) is 88.8 Å². The Morgan fingerprint density at radius 2 is 0.482 bits per heavy atom. The zero-order valence-corrected chi connectivity index (χ0v) is 62.8. The summed E-state index contributed by atoms with van der Waals surface area (Å²) in [4.78, 5) is 12.1. The van der Waals surface area contributed by atoms with Gasteiger partial charge in [0.15, 0.2) is 0 Å². The van der Waals surface area contributed by atoms with E-state index in [0.717, 1.165) is 88.8 Å². The van der Waals surface area contributed by atoms with Crippen molar-refractivity contribution >= 4 is 0 Å². The third kappa shape index (κ3) is 49.2. The standard InChI is InChI=1S/C81H166N4/c1-66(2)31-21-36-71(11)41-26-46-76(16)51-56-82(57-52-77(17)47-27-42-72(12)37-22-32-67(3)4)61-62-83-63-64-85(60-55-80(20)50-30-45-75(15)40-25-35-70(9)10)81(65-83)84(58-53-78(18)48-28-43-73(13)38-23-33-68(5)6)59-54-79(19)49-29-44-74(14)39-24-34-69(7)8/h66-81H,21-65H2,1-20H3. The van der Waals surface area contributed by atoms with Crippen LogP contribution in [0, 0.1) is 88.8 Å². The van der Waals surface area contributed by atoms with Gasteiger partial charge in [-0.3, -0.25) is 14.7 Å². The number of hydrogen-bond acceptors (Lipinski definition) is 4. The summed E-state index contributed by atoms with van der Waals surface area (Å²) in [5, 5.41) is 0. The van der Waals surface area contributed by atoms with Crippen molar-refractivity contribution in [3.63, 3.8) is 0 Å². The summed E-state index contributed by atoms with van der Waals surface area (Å²) in [5.41, 5.74) is 0. The lowest BCUT2D eigenvalue weighted by Gasteiger charge is -2.47. The normalized spacial score (nSPS) is 18.6. The summed E-state index contributed by atoms with van der Waals surface area (Å²) in [5.74, 6) is 12.7. The van der Waals surface area contributed by atoms with Crippen LogP contribution in [-0.4, -0.2) is 91.2 Å². The van der Waals surface area contributed by atoms with E-state index in [1.54, 1.807) is 0 Å². The molecule has 0 spiro atoms. The second-order valence-corrected chi connectivity index (χ2v) is 34.0. The van der Waals surface area contributed by atoms with Crippen molar-refractivity contribution < 1.29 is 0 Å². The van der Waals surface area contributed by atoms with Crippen LogP contribution in [0.2, 0.25) is 0 Å². The minimum absolute atomic E-state index is 0.539. The van der Waals surface area contributed by atoms with Gasteiger partial charge >= 0.3 is 0 Å². The fraction of sp³-hybridized carbons (Fsp3) is 1.00. The molecular weight excluding hydrogens is 1030 g/mol. The molecular formula is C81H166N4. The quantitative estimate of drug-likeness (QED) is 0.0602. The van der Waals surface area contributed by atoms with Crippen LogP contribution < -0.4 is 0 Å². The molecule has 0 aromatic carbocycles. The number of piperazine rings is 1. The Morgan fingerprint density at radius 3 is 0.753 bits per heavy atom. The summed E-state index contributed by atoms with van der Waals surface area (Å²) in [7, 11) is 0. The highest BCUT2D eigenvalue weighted by Crippen LogP contribution is 2.29. The summed E-state index contributed by atoms with van der Waals surface area (Å²) in [6.07, 6.45) is 49.8. The van der Waals surface area contributed by atoms with Crippen molar-refractivity contribution in [3.8, 4) is 0 Å². The number of hydrogen-bond donors (Lipinski definition) is 0. The third-order valence-electron chi connectivity index (χ3n) is 21.7. The first-order valence-electron chi connectivity index (χ1n) is 39.3. The molecule has 1 fully saturated rings. The van der Waals surface area contributed by atoms with Crippen molar-refractivity contribution in [2.75, 3.05) is 65.4 Å². The molecule has 85 heavy (non-hydrogen) atoms. The van der Waals surface area contributed by atoms with E-state index in [1.807, 2.05) is 0 Å². The van der Waals surface area contributed by atoms with Crippen LogP contribution in [0.4, 0.5) is 0 Å². The molecule has 0 bridgehead atoms. The molecule has 0 saturated carbocycles. The smallest absolute Gasteiger partial charge is 0.0754 e. The Bertz CT molecular complexity index is 1350. The van der Waals surface area contributed by atoms with Crippen LogP contribution in [0.5, 0.6) is 0 Å². The molecule has 510 valence electrons. The first kappa shape index (κ1) is 82.9. The lowest BCUT2D eigenvalue weighted by Crippen LogP contribution is -2.61. The molecule has 11 unspecified atom stereocenters. The maximum atomic E-state index is 3.10. The van der Waals surface area contributed by atoms with E-state index < -0.39 is 0 Å². The van der Waals surface area contributed by atoms with Crippen LogP contribution in [0.3, 0.4) is 0 Å². The molecule has 1 heterocycles. The van der Waals surface area contributed by atoms with Crippen LogP contribution in [-0.2, 0) is 0 Å². The topological polar surface area (TPSA) is 13.0 Å². The SMILES string of the molecule is CC(C)CCCC(C)CCCC(C)CCN(CCC(C)CCCC(C)CCCC(C)C)CCN1CCN(CCC(C)CCCC(C)CCCC(C)C)C(N(CCC(C)CCCC(C)CCCC(C)C)CCC(C)CCCC(C)CCCC(C)C)C1. The van der Waals surface area contributed by atoms with Gasteiger partial charge in [-0.25, -0.2) is 0 Å². The van der Waals surface area contributed by atoms with Gasteiger partial charge in [0.2, 0.25) is 0 Å². The second kappa shape index (κ2) is 52.3. The van der Waals surface area contributed by atoms with Gasteiger partial charge in [0.25, 0.3) is 0 Å². The summed E-state index contributed by atoms with van der Waals surface area (Å²) >= 11 is 0. The molecule has 1 rings (SSSR count). The average Bonchev–Trinajstić information content (AvgIpc) is 3.32. The van der Waals surface area contributed by atoms with E-state index in [-0.39, 0.29) is 0 Å².